The molecule has 1 heterocycles. The van der Waals surface area contributed by atoms with Gasteiger partial charge < -0.3 is 15.0 Å². The summed E-state index contributed by atoms with van der Waals surface area (Å²) >= 11 is 0. The van der Waals surface area contributed by atoms with Gasteiger partial charge in [0.15, 0.2) is 0 Å². The maximum atomic E-state index is 13.8. The number of amides is 1. The molecule has 0 radical (unpaired) electrons. The van der Waals surface area contributed by atoms with Crippen molar-refractivity contribution in [2.24, 2.45) is 0 Å². The van der Waals surface area contributed by atoms with Crippen molar-refractivity contribution in [1.29, 1.82) is 0 Å². The Balaban J connectivity index is 2.22. The molecule has 7 heteroatoms. The summed E-state index contributed by atoms with van der Waals surface area (Å²) in [7, 11) is 1.54. The number of halogens is 1. The lowest BCUT2D eigenvalue weighted by molar-refractivity contribution is -0.116. The number of benzene rings is 1. The van der Waals surface area contributed by atoms with Crippen molar-refractivity contribution in [2.45, 2.75) is 12.8 Å². The highest BCUT2D eigenvalue weighted by molar-refractivity contribution is 5.93. The second-order valence-electron chi connectivity index (χ2n) is 4.23. The van der Waals surface area contributed by atoms with E-state index in [-0.39, 0.29) is 34.5 Å². The molecule has 1 aromatic carbocycles. The third kappa shape index (κ3) is 3.18. The molecular formula is C13H14FN3O3. The number of rotatable bonds is 5. The van der Waals surface area contributed by atoms with Gasteiger partial charge in [-0.1, -0.05) is 0 Å². The van der Waals surface area contributed by atoms with E-state index < -0.39 is 5.82 Å². The molecule has 2 N–H and O–H groups in total. The van der Waals surface area contributed by atoms with Crippen LogP contribution in [0.15, 0.2) is 23.3 Å². The monoisotopic (exact) mass is 279 g/mol. The van der Waals surface area contributed by atoms with Crippen molar-refractivity contribution in [3.63, 3.8) is 0 Å². The van der Waals surface area contributed by atoms with Gasteiger partial charge in [0.2, 0.25) is 5.91 Å². The van der Waals surface area contributed by atoms with Gasteiger partial charge in [-0.2, -0.15) is 0 Å². The minimum atomic E-state index is -0.629. The van der Waals surface area contributed by atoms with Crippen molar-refractivity contribution >= 4 is 22.5 Å². The fourth-order valence-corrected chi connectivity index (χ4v) is 1.78. The van der Waals surface area contributed by atoms with Crippen LogP contribution in [0.1, 0.15) is 12.8 Å². The molecule has 1 amide bonds. The van der Waals surface area contributed by atoms with E-state index in [1.165, 1.54) is 12.4 Å². The Morgan fingerprint density at radius 1 is 1.50 bits per heavy atom. The van der Waals surface area contributed by atoms with E-state index in [2.05, 4.69) is 15.3 Å². The number of ether oxygens (including phenoxy) is 1. The summed E-state index contributed by atoms with van der Waals surface area (Å²) in [5.74, 6) is -0.962. The van der Waals surface area contributed by atoms with Crippen molar-refractivity contribution in [3.05, 3.63) is 34.6 Å². The summed E-state index contributed by atoms with van der Waals surface area (Å²) in [6.45, 7) is 0.456. The second-order valence-corrected chi connectivity index (χ2v) is 4.23. The first kappa shape index (κ1) is 14.1. The lowest BCUT2D eigenvalue weighted by Gasteiger charge is -2.07. The zero-order valence-electron chi connectivity index (χ0n) is 10.9. The highest BCUT2D eigenvalue weighted by atomic mass is 19.1. The molecule has 0 atom stereocenters. The van der Waals surface area contributed by atoms with Crippen LogP contribution >= 0.6 is 0 Å². The van der Waals surface area contributed by atoms with Crippen molar-refractivity contribution in [1.82, 2.24) is 9.97 Å². The molecule has 0 unspecified atom stereocenters. The van der Waals surface area contributed by atoms with Crippen molar-refractivity contribution in [3.8, 4) is 0 Å². The predicted molar refractivity (Wildman–Crippen MR) is 72.1 cm³/mol. The number of nitrogens with zero attached hydrogens (tertiary/aromatic N) is 1. The molecule has 2 rings (SSSR count). The third-order valence-electron chi connectivity index (χ3n) is 2.76. The Bertz CT molecular complexity index is 684. The zero-order valence-corrected chi connectivity index (χ0v) is 10.9. The highest BCUT2D eigenvalue weighted by Gasteiger charge is 2.10. The highest BCUT2D eigenvalue weighted by Crippen LogP contribution is 2.19. The van der Waals surface area contributed by atoms with E-state index >= 15 is 0 Å². The molecule has 106 valence electrons. The van der Waals surface area contributed by atoms with Crippen LogP contribution in [0.3, 0.4) is 0 Å². The molecule has 0 saturated carbocycles. The van der Waals surface area contributed by atoms with E-state index in [4.69, 9.17) is 4.74 Å². The Morgan fingerprint density at radius 2 is 2.30 bits per heavy atom. The maximum absolute atomic E-state index is 13.8. The molecule has 2 aromatic rings. The SMILES string of the molecule is COCCCC(=O)Nc1cc2c(=O)[nH]cnc2cc1F. The molecule has 20 heavy (non-hydrogen) atoms. The summed E-state index contributed by atoms with van der Waals surface area (Å²) in [6.07, 6.45) is 1.96. The number of carbonyl (C=O) groups is 1. The Labute approximate surface area is 114 Å². The van der Waals surface area contributed by atoms with E-state index in [1.54, 1.807) is 7.11 Å². The van der Waals surface area contributed by atoms with Crippen molar-refractivity contribution in [2.75, 3.05) is 19.0 Å². The van der Waals surface area contributed by atoms with E-state index in [1.807, 2.05) is 0 Å². The van der Waals surface area contributed by atoms with Crippen LogP contribution in [-0.4, -0.2) is 29.6 Å². The first-order valence-corrected chi connectivity index (χ1v) is 6.07. The molecule has 0 aliphatic rings. The molecule has 0 aliphatic heterocycles. The van der Waals surface area contributed by atoms with Gasteiger partial charge in [-0.25, -0.2) is 9.37 Å². The van der Waals surface area contributed by atoms with Gasteiger partial charge in [-0.15, -0.1) is 0 Å². The molecule has 0 spiro atoms. The first-order chi connectivity index (χ1) is 9.61. The largest absolute Gasteiger partial charge is 0.385 e. The van der Waals surface area contributed by atoms with Crippen LogP contribution in [0.25, 0.3) is 10.9 Å². The van der Waals surface area contributed by atoms with Crippen LogP contribution in [0, 0.1) is 5.82 Å². The third-order valence-corrected chi connectivity index (χ3v) is 2.76. The fourth-order valence-electron chi connectivity index (χ4n) is 1.78. The topological polar surface area (TPSA) is 84.1 Å². The van der Waals surface area contributed by atoms with Crippen LogP contribution in [0.5, 0.6) is 0 Å². The lowest BCUT2D eigenvalue weighted by atomic mass is 10.2. The first-order valence-electron chi connectivity index (χ1n) is 6.07. The van der Waals surface area contributed by atoms with Crippen LogP contribution in [0.4, 0.5) is 10.1 Å². The molecule has 0 fully saturated rings. The number of fused-ring (bicyclic) bond motifs is 1. The summed E-state index contributed by atoms with van der Waals surface area (Å²) in [6, 6.07) is 2.40. The number of methoxy groups -OCH3 is 1. The van der Waals surface area contributed by atoms with Gasteiger partial charge >= 0.3 is 0 Å². The summed E-state index contributed by atoms with van der Waals surface area (Å²) in [4.78, 5) is 29.5. The van der Waals surface area contributed by atoms with Crippen LogP contribution < -0.4 is 10.9 Å². The normalized spacial score (nSPS) is 10.7. The number of hydrogen-bond donors (Lipinski definition) is 2. The number of anilines is 1. The van der Waals surface area contributed by atoms with Crippen LogP contribution in [-0.2, 0) is 9.53 Å². The quantitative estimate of drug-likeness (QED) is 0.811. The van der Waals surface area contributed by atoms with E-state index in [0.717, 1.165) is 6.07 Å². The number of nitrogens with one attached hydrogen (secondary N) is 2. The number of H-pyrrole nitrogens is 1. The fraction of sp³-hybridized carbons (Fsp3) is 0.308. The minimum absolute atomic E-state index is 0.0292. The number of carbonyl (C=O) groups excluding carboxylic acids is 1. The Hall–Kier alpha value is -2.28. The summed E-state index contributed by atoms with van der Waals surface area (Å²) in [5.41, 5.74) is -0.174. The smallest absolute Gasteiger partial charge is 0.258 e. The second kappa shape index (κ2) is 6.25. The molecule has 0 saturated heterocycles. The standard InChI is InChI=1S/C13H14FN3O3/c1-20-4-2-3-12(18)17-11-5-8-10(6-9(11)14)15-7-16-13(8)19/h5-7H,2-4H2,1H3,(H,17,18)(H,15,16,19). The van der Waals surface area contributed by atoms with Gasteiger partial charge in [0.1, 0.15) is 5.82 Å². The predicted octanol–water partition coefficient (Wildman–Crippen LogP) is 1.43. The average molecular weight is 279 g/mol. The number of aromatic amines is 1. The minimum Gasteiger partial charge on any atom is -0.385 e. The average Bonchev–Trinajstić information content (AvgIpc) is 2.41. The van der Waals surface area contributed by atoms with Gasteiger partial charge in [0, 0.05) is 26.2 Å². The van der Waals surface area contributed by atoms with Gasteiger partial charge in [-0.05, 0) is 12.5 Å². The molecule has 0 aliphatic carbocycles. The Morgan fingerprint density at radius 3 is 3.05 bits per heavy atom. The zero-order chi connectivity index (χ0) is 14.5. The molecule has 1 aromatic heterocycles. The maximum Gasteiger partial charge on any atom is 0.258 e. The van der Waals surface area contributed by atoms with E-state index in [9.17, 15) is 14.0 Å². The summed E-state index contributed by atoms with van der Waals surface area (Å²) < 4.78 is 18.6. The van der Waals surface area contributed by atoms with Crippen molar-refractivity contribution < 1.29 is 13.9 Å². The van der Waals surface area contributed by atoms with E-state index in [0.29, 0.717) is 13.0 Å². The lowest BCUT2D eigenvalue weighted by Crippen LogP contribution is -2.14. The van der Waals surface area contributed by atoms with Gasteiger partial charge in [0.05, 0.1) is 22.9 Å². The van der Waals surface area contributed by atoms with Crippen LogP contribution in [0.2, 0.25) is 0 Å². The Kier molecular flexibility index (Phi) is 4.41. The summed E-state index contributed by atoms with van der Waals surface area (Å²) in [5, 5.41) is 2.66. The number of aromatic nitrogens is 2. The van der Waals surface area contributed by atoms with Gasteiger partial charge in [0.25, 0.3) is 5.56 Å². The number of hydrogen-bond acceptors (Lipinski definition) is 4. The molecule has 6 nitrogen and oxygen atoms in total. The van der Waals surface area contributed by atoms with Gasteiger partial charge in [-0.3, -0.25) is 9.59 Å². The molecular weight excluding hydrogens is 265 g/mol. The molecule has 0 bridgehead atoms.